The Morgan fingerprint density at radius 1 is 1.36 bits per heavy atom. The minimum absolute atomic E-state index is 0.275. The van der Waals surface area contributed by atoms with Crippen LogP contribution in [0.2, 0.25) is 0 Å². The molecule has 25 heavy (non-hydrogen) atoms. The maximum Gasteiger partial charge on any atom is 0.321 e. The van der Waals surface area contributed by atoms with Crippen molar-refractivity contribution >= 4 is 21.7 Å². The maximum atomic E-state index is 12.5. The van der Waals surface area contributed by atoms with Gasteiger partial charge in [0.1, 0.15) is 5.75 Å². The Morgan fingerprint density at radius 3 is 2.76 bits per heavy atom. The molecule has 1 heterocycles. The third-order valence-corrected chi connectivity index (χ3v) is 4.95. The van der Waals surface area contributed by atoms with Crippen LogP contribution in [-0.2, 0) is 14.8 Å². The van der Waals surface area contributed by atoms with Crippen LogP contribution in [0.25, 0.3) is 0 Å². The highest BCUT2D eigenvalue weighted by atomic mass is 32.2. The van der Waals surface area contributed by atoms with Crippen molar-refractivity contribution in [1.82, 2.24) is 9.62 Å². The Morgan fingerprint density at radius 2 is 2.12 bits per heavy atom. The lowest BCUT2D eigenvalue weighted by atomic mass is 9.96. The summed E-state index contributed by atoms with van der Waals surface area (Å²) in [5, 5.41) is 2.81. The summed E-state index contributed by atoms with van der Waals surface area (Å²) >= 11 is 0. The van der Waals surface area contributed by atoms with Crippen LogP contribution in [0.15, 0.2) is 24.3 Å². The minimum Gasteiger partial charge on any atom is -0.497 e. The van der Waals surface area contributed by atoms with Crippen LogP contribution >= 0.6 is 0 Å². The Hall–Kier alpha value is -1.84. The molecule has 140 valence electrons. The number of nitrogens with one attached hydrogen (secondary N) is 2. The molecular formula is C16H25N3O5S. The second-order valence-corrected chi connectivity index (χ2v) is 7.98. The number of urea groups is 1. The fourth-order valence-corrected chi connectivity index (χ4v) is 4.03. The first kappa shape index (κ1) is 19.5. The first-order chi connectivity index (χ1) is 11.8. The third kappa shape index (κ3) is 5.58. The molecule has 1 unspecified atom stereocenters. The van der Waals surface area contributed by atoms with Gasteiger partial charge in [0.25, 0.3) is 0 Å². The molecule has 0 radical (unpaired) electrons. The second kappa shape index (κ2) is 8.03. The van der Waals surface area contributed by atoms with E-state index in [-0.39, 0.29) is 6.03 Å². The fraction of sp³-hybridized carbons (Fsp3) is 0.562. The quantitative estimate of drug-likeness (QED) is 0.752. The summed E-state index contributed by atoms with van der Waals surface area (Å²) in [5.41, 5.74) is -0.0789. The van der Waals surface area contributed by atoms with Crippen molar-refractivity contribution in [1.29, 1.82) is 0 Å². The average Bonchev–Trinajstić information content (AvgIpc) is 2.95. The van der Waals surface area contributed by atoms with E-state index in [1.54, 1.807) is 43.4 Å². The molecule has 1 aromatic carbocycles. The molecule has 0 spiro atoms. The van der Waals surface area contributed by atoms with Crippen molar-refractivity contribution in [3.63, 3.8) is 0 Å². The van der Waals surface area contributed by atoms with Crippen LogP contribution in [0.5, 0.6) is 5.75 Å². The number of carbonyl (C=O) groups excluding carboxylic acids is 1. The van der Waals surface area contributed by atoms with E-state index >= 15 is 0 Å². The Bertz CT molecular complexity index is 709. The summed E-state index contributed by atoms with van der Waals surface area (Å²) in [6.45, 7) is 1.16. The molecule has 1 saturated heterocycles. The lowest BCUT2D eigenvalue weighted by Gasteiger charge is -2.29. The Kier molecular flexibility index (Phi) is 6.26. The number of hydrogen-bond acceptors (Lipinski definition) is 5. The molecule has 2 amide bonds. The number of benzene rings is 1. The van der Waals surface area contributed by atoms with E-state index in [2.05, 4.69) is 10.0 Å². The van der Waals surface area contributed by atoms with Gasteiger partial charge in [-0.15, -0.1) is 0 Å². The smallest absolute Gasteiger partial charge is 0.321 e. The SMILES string of the molecule is COCCC1(NS(C)(=O)=O)CCN(C(=O)Nc2cccc(OC)c2)C1. The van der Waals surface area contributed by atoms with Gasteiger partial charge in [0.15, 0.2) is 0 Å². The molecule has 8 nitrogen and oxygen atoms in total. The van der Waals surface area contributed by atoms with Gasteiger partial charge in [-0.1, -0.05) is 6.07 Å². The van der Waals surface area contributed by atoms with E-state index in [0.29, 0.717) is 44.0 Å². The van der Waals surface area contributed by atoms with Crippen molar-refractivity contribution in [2.75, 3.05) is 45.5 Å². The fourth-order valence-electron chi connectivity index (χ4n) is 2.98. The highest BCUT2D eigenvalue weighted by Gasteiger charge is 2.41. The molecule has 1 fully saturated rings. The van der Waals surface area contributed by atoms with Gasteiger partial charge in [-0.25, -0.2) is 17.9 Å². The van der Waals surface area contributed by atoms with Gasteiger partial charge in [-0.3, -0.25) is 0 Å². The molecule has 2 N–H and O–H groups in total. The monoisotopic (exact) mass is 371 g/mol. The molecule has 0 saturated carbocycles. The Balaban J connectivity index is 2.06. The van der Waals surface area contributed by atoms with Gasteiger partial charge in [-0.2, -0.15) is 0 Å². The van der Waals surface area contributed by atoms with E-state index in [1.165, 1.54) is 0 Å². The average molecular weight is 371 g/mol. The van der Waals surface area contributed by atoms with Crippen LogP contribution in [-0.4, -0.2) is 65.1 Å². The van der Waals surface area contributed by atoms with Crippen LogP contribution < -0.4 is 14.8 Å². The third-order valence-electron chi connectivity index (χ3n) is 4.15. The molecule has 1 atom stereocenters. The molecule has 1 aliphatic heterocycles. The standard InChI is InChI=1S/C16H25N3O5S/c1-23-10-8-16(18-25(3,21)22)7-9-19(12-16)15(20)17-13-5-4-6-14(11-13)24-2/h4-6,11,18H,7-10,12H2,1-3H3,(H,17,20). The number of amides is 2. The lowest BCUT2D eigenvalue weighted by molar-refractivity contribution is 0.162. The van der Waals surface area contributed by atoms with Gasteiger partial charge in [0.05, 0.1) is 18.9 Å². The van der Waals surface area contributed by atoms with Crippen molar-refractivity contribution in [2.45, 2.75) is 18.4 Å². The molecular weight excluding hydrogens is 346 g/mol. The van der Waals surface area contributed by atoms with Gasteiger partial charge in [0.2, 0.25) is 10.0 Å². The summed E-state index contributed by atoms with van der Waals surface area (Å²) in [5.74, 6) is 0.646. The van der Waals surface area contributed by atoms with Crippen LogP contribution in [0, 0.1) is 0 Å². The number of methoxy groups -OCH3 is 2. The zero-order chi connectivity index (χ0) is 18.5. The van der Waals surface area contributed by atoms with Crippen LogP contribution in [0.3, 0.4) is 0 Å². The summed E-state index contributed by atoms with van der Waals surface area (Å²) in [6, 6.07) is 6.79. The predicted octanol–water partition coefficient (Wildman–Crippen LogP) is 1.26. The predicted molar refractivity (Wildman–Crippen MR) is 95.4 cm³/mol. The number of nitrogens with zero attached hydrogens (tertiary/aromatic N) is 1. The van der Waals surface area contributed by atoms with Crippen molar-refractivity contribution < 1.29 is 22.7 Å². The first-order valence-electron chi connectivity index (χ1n) is 7.95. The molecule has 0 bridgehead atoms. The van der Waals surface area contributed by atoms with Gasteiger partial charge in [0, 0.05) is 38.6 Å². The minimum atomic E-state index is -3.39. The van der Waals surface area contributed by atoms with Gasteiger partial charge < -0.3 is 19.7 Å². The molecule has 9 heteroatoms. The molecule has 1 aromatic rings. The number of hydrogen-bond donors (Lipinski definition) is 2. The number of likely N-dealkylation sites (tertiary alicyclic amines) is 1. The molecule has 0 aliphatic carbocycles. The summed E-state index contributed by atoms with van der Waals surface area (Å²) in [6.07, 6.45) is 2.16. The number of rotatable bonds is 7. The summed E-state index contributed by atoms with van der Waals surface area (Å²) in [4.78, 5) is 14.1. The Labute approximate surface area is 148 Å². The number of anilines is 1. The first-order valence-corrected chi connectivity index (χ1v) is 9.84. The lowest BCUT2D eigenvalue weighted by Crippen LogP contribution is -2.51. The summed E-state index contributed by atoms with van der Waals surface area (Å²) < 4.78 is 36.3. The molecule has 1 aliphatic rings. The van der Waals surface area contributed by atoms with Gasteiger partial charge >= 0.3 is 6.03 Å². The van der Waals surface area contributed by atoms with Crippen molar-refractivity contribution in [3.8, 4) is 5.75 Å². The van der Waals surface area contributed by atoms with E-state index < -0.39 is 15.6 Å². The van der Waals surface area contributed by atoms with E-state index in [0.717, 1.165) is 6.26 Å². The van der Waals surface area contributed by atoms with E-state index in [9.17, 15) is 13.2 Å². The van der Waals surface area contributed by atoms with Crippen LogP contribution in [0.4, 0.5) is 10.5 Å². The number of ether oxygens (including phenoxy) is 2. The maximum absolute atomic E-state index is 12.5. The topological polar surface area (TPSA) is 97.0 Å². The largest absolute Gasteiger partial charge is 0.497 e. The number of sulfonamides is 1. The van der Waals surface area contributed by atoms with Crippen molar-refractivity contribution in [2.24, 2.45) is 0 Å². The van der Waals surface area contributed by atoms with Crippen molar-refractivity contribution in [3.05, 3.63) is 24.3 Å². The highest BCUT2D eigenvalue weighted by Crippen LogP contribution is 2.27. The zero-order valence-electron chi connectivity index (χ0n) is 14.7. The molecule has 0 aromatic heterocycles. The van der Waals surface area contributed by atoms with E-state index in [1.807, 2.05) is 0 Å². The number of carbonyl (C=O) groups is 1. The zero-order valence-corrected chi connectivity index (χ0v) is 15.6. The van der Waals surface area contributed by atoms with Gasteiger partial charge in [-0.05, 0) is 25.0 Å². The highest BCUT2D eigenvalue weighted by molar-refractivity contribution is 7.88. The molecule has 2 rings (SSSR count). The second-order valence-electron chi connectivity index (χ2n) is 6.23. The normalized spacial score (nSPS) is 20.5. The van der Waals surface area contributed by atoms with Crippen LogP contribution in [0.1, 0.15) is 12.8 Å². The summed E-state index contributed by atoms with van der Waals surface area (Å²) in [7, 11) is -0.270. The van der Waals surface area contributed by atoms with E-state index in [4.69, 9.17) is 9.47 Å².